The first-order valence-corrected chi connectivity index (χ1v) is 7.91. The van der Waals surface area contributed by atoms with E-state index in [1.807, 2.05) is 25.2 Å². The highest BCUT2D eigenvalue weighted by atomic mass is 32.2. The highest BCUT2D eigenvalue weighted by molar-refractivity contribution is 7.92. The van der Waals surface area contributed by atoms with Gasteiger partial charge in [0.15, 0.2) is 0 Å². The zero-order chi connectivity index (χ0) is 14.4. The van der Waals surface area contributed by atoms with Crippen molar-refractivity contribution in [3.63, 3.8) is 0 Å². The lowest BCUT2D eigenvalue weighted by molar-refractivity contribution is 0.601. The molecule has 0 aliphatic carbocycles. The van der Waals surface area contributed by atoms with E-state index in [1.165, 1.54) is 0 Å². The van der Waals surface area contributed by atoms with Crippen LogP contribution in [0.5, 0.6) is 0 Å². The van der Waals surface area contributed by atoms with Gasteiger partial charge in [-0.05, 0) is 49.8 Å². The minimum atomic E-state index is -3.52. The third-order valence-corrected chi connectivity index (χ3v) is 4.32. The molecule has 0 aliphatic heterocycles. The van der Waals surface area contributed by atoms with Crippen LogP contribution >= 0.6 is 0 Å². The van der Waals surface area contributed by atoms with Gasteiger partial charge in [-0.2, -0.15) is 0 Å². The van der Waals surface area contributed by atoms with Crippen LogP contribution in [0.2, 0.25) is 0 Å². The van der Waals surface area contributed by atoms with E-state index in [0.29, 0.717) is 5.69 Å². The number of hydrogen-bond donors (Lipinski definition) is 2. The van der Waals surface area contributed by atoms with Gasteiger partial charge in [0.25, 0.3) is 10.0 Å². The molecule has 4 nitrogen and oxygen atoms in total. The van der Waals surface area contributed by atoms with Crippen molar-refractivity contribution in [3.05, 3.63) is 60.2 Å². The van der Waals surface area contributed by atoms with Crippen molar-refractivity contribution in [1.29, 1.82) is 0 Å². The summed E-state index contributed by atoms with van der Waals surface area (Å²) < 4.78 is 27.0. The van der Waals surface area contributed by atoms with E-state index in [1.54, 1.807) is 36.4 Å². The van der Waals surface area contributed by atoms with Gasteiger partial charge in [0.1, 0.15) is 0 Å². The van der Waals surface area contributed by atoms with E-state index in [2.05, 4.69) is 10.0 Å². The van der Waals surface area contributed by atoms with Gasteiger partial charge < -0.3 is 5.32 Å². The first kappa shape index (κ1) is 14.6. The Morgan fingerprint density at radius 3 is 2.20 bits per heavy atom. The smallest absolute Gasteiger partial charge is 0.261 e. The van der Waals surface area contributed by atoms with Crippen LogP contribution in [0.15, 0.2) is 59.5 Å². The molecule has 0 bridgehead atoms. The molecule has 106 valence electrons. The molecule has 0 saturated carbocycles. The average Bonchev–Trinajstić information content (AvgIpc) is 2.46. The second kappa shape index (κ2) is 6.54. The van der Waals surface area contributed by atoms with E-state index < -0.39 is 10.0 Å². The van der Waals surface area contributed by atoms with Crippen molar-refractivity contribution in [2.24, 2.45) is 0 Å². The normalized spacial score (nSPS) is 11.2. The Hall–Kier alpha value is -1.85. The fourth-order valence-corrected chi connectivity index (χ4v) is 2.88. The predicted octanol–water partition coefficient (Wildman–Crippen LogP) is 2.25. The third kappa shape index (κ3) is 3.82. The minimum absolute atomic E-state index is 0.273. The summed E-state index contributed by atoms with van der Waals surface area (Å²) in [5.41, 5.74) is 1.67. The van der Waals surface area contributed by atoms with Crippen molar-refractivity contribution in [2.45, 2.75) is 11.3 Å². The summed E-state index contributed by atoms with van der Waals surface area (Å²) in [6.07, 6.45) is 0.878. The van der Waals surface area contributed by atoms with Gasteiger partial charge in [-0.3, -0.25) is 4.72 Å². The molecule has 0 amide bonds. The second-order valence-electron chi connectivity index (χ2n) is 4.47. The zero-order valence-electron chi connectivity index (χ0n) is 11.3. The summed E-state index contributed by atoms with van der Waals surface area (Å²) in [4.78, 5) is 0.273. The Labute approximate surface area is 119 Å². The van der Waals surface area contributed by atoms with Gasteiger partial charge in [-0.1, -0.05) is 30.3 Å². The number of nitrogens with one attached hydrogen (secondary N) is 2. The lowest BCUT2D eigenvalue weighted by Crippen LogP contribution is -2.13. The molecule has 2 aromatic carbocycles. The largest absolute Gasteiger partial charge is 0.319 e. The maximum atomic E-state index is 12.2. The number of rotatable bonds is 6. The molecule has 0 saturated heterocycles. The number of sulfonamides is 1. The van der Waals surface area contributed by atoms with Gasteiger partial charge in [-0.25, -0.2) is 8.42 Å². The predicted molar refractivity (Wildman–Crippen MR) is 81.3 cm³/mol. The third-order valence-electron chi connectivity index (χ3n) is 2.92. The molecule has 5 heteroatoms. The Morgan fingerprint density at radius 1 is 0.950 bits per heavy atom. The van der Waals surface area contributed by atoms with E-state index in [9.17, 15) is 8.42 Å². The van der Waals surface area contributed by atoms with Crippen molar-refractivity contribution in [3.8, 4) is 0 Å². The summed E-state index contributed by atoms with van der Waals surface area (Å²) in [5.74, 6) is 0. The van der Waals surface area contributed by atoms with E-state index in [0.717, 1.165) is 18.5 Å². The maximum Gasteiger partial charge on any atom is 0.261 e. The van der Waals surface area contributed by atoms with Crippen molar-refractivity contribution in [1.82, 2.24) is 5.32 Å². The number of anilines is 1. The number of hydrogen-bond acceptors (Lipinski definition) is 3. The Morgan fingerprint density at radius 2 is 1.60 bits per heavy atom. The lowest BCUT2D eigenvalue weighted by Gasteiger charge is -2.08. The molecule has 0 heterocycles. The Kier molecular flexibility index (Phi) is 4.76. The summed E-state index contributed by atoms with van der Waals surface area (Å²) >= 11 is 0. The quantitative estimate of drug-likeness (QED) is 0.858. The highest BCUT2D eigenvalue weighted by Crippen LogP contribution is 2.16. The summed E-state index contributed by atoms with van der Waals surface area (Å²) in [6, 6.07) is 15.8. The van der Waals surface area contributed by atoms with Crippen LogP contribution in [-0.2, 0) is 16.4 Å². The fraction of sp³-hybridized carbons (Fsp3) is 0.200. The molecular formula is C15H18N2O2S. The van der Waals surface area contributed by atoms with Crippen LogP contribution in [0.1, 0.15) is 5.56 Å². The summed E-state index contributed by atoms with van der Waals surface area (Å²) in [5, 5.41) is 3.06. The van der Waals surface area contributed by atoms with Crippen molar-refractivity contribution in [2.75, 3.05) is 18.3 Å². The van der Waals surface area contributed by atoms with Gasteiger partial charge in [0, 0.05) is 5.69 Å². The van der Waals surface area contributed by atoms with E-state index in [4.69, 9.17) is 0 Å². The molecule has 0 aliphatic rings. The van der Waals surface area contributed by atoms with Gasteiger partial charge in [-0.15, -0.1) is 0 Å². The van der Waals surface area contributed by atoms with Gasteiger partial charge in [0.05, 0.1) is 4.90 Å². The molecule has 2 aromatic rings. The van der Waals surface area contributed by atoms with E-state index in [-0.39, 0.29) is 4.90 Å². The molecule has 0 aromatic heterocycles. The van der Waals surface area contributed by atoms with Gasteiger partial charge >= 0.3 is 0 Å². The van der Waals surface area contributed by atoms with Crippen LogP contribution in [0.4, 0.5) is 5.69 Å². The Bertz CT molecular complexity index is 637. The summed E-state index contributed by atoms with van der Waals surface area (Å²) in [7, 11) is -1.62. The van der Waals surface area contributed by atoms with Gasteiger partial charge in [0.2, 0.25) is 0 Å². The molecule has 2 N–H and O–H groups in total. The standard InChI is InChI=1S/C15H18N2O2S/c1-16-12-11-13-7-9-15(10-8-13)20(18,19)17-14-5-3-2-4-6-14/h2-10,16-17H,11-12H2,1H3. The number of para-hydroxylation sites is 1. The van der Waals surface area contributed by atoms with E-state index >= 15 is 0 Å². The topological polar surface area (TPSA) is 58.2 Å². The first-order chi connectivity index (χ1) is 9.62. The van der Waals surface area contributed by atoms with Crippen molar-refractivity contribution < 1.29 is 8.42 Å². The highest BCUT2D eigenvalue weighted by Gasteiger charge is 2.13. The molecule has 0 unspecified atom stereocenters. The number of likely N-dealkylation sites (N-methyl/N-ethyl adjacent to an activating group) is 1. The van der Waals surface area contributed by atoms with Crippen molar-refractivity contribution >= 4 is 15.7 Å². The van der Waals surface area contributed by atoms with Crippen LogP contribution in [-0.4, -0.2) is 22.0 Å². The van der Waals surface area contributed by atoms with Crippen LogP contribution < -0.4 is 10.0 Å². The molecular weight excluding hydrogens is 272 g/mol. The lowest BCUT2D eigenvalue weighted by atomic mass is 10.1. The molecule has 20 heavy (non-hydrogen) atoms. The number of benzene rings is 2. The monoisotopic (exact) mass is 290 g/mol. The minimum Gasteiger partial charge on any atom is -0.319 e. The van der Waals surface area contributed by atoms with Crippen LogP contribution in [0.3, 0.4) is 0 Å². The second-order valence-corrected chi connectivity index (χ2v) is 6.15. The zero-order valence-corrected chi connectivity index (χ0v) is 12.2. The molecule has 0 fully saturated rings. The average molecular weight is 290 g/mol. The SMILES string of the molecule is CNCCc1ccc(S(=O)(=O)Nc2ccccc2)cc1. The fourth-order valence-electron chi connectivity index (χ4n) is 1.82. The molecule has 0 spiro atoms. The summed E-state index contributed by atoms with van der Waals surface area (Å²) in [6.45, 7) is 0.869. The van der Waals surface area contributed by atoms with Crippen LogP contribution in [0.25, 0.3) is 0 Å². The Balaban J connectivity index is 2.13. The molecule has 2 rings (SSSR count). The molecule has 0 radical (unpaired) electrons. The maximum absolute atomic E-state index is 12.2. The molecule has 0 atom stereocenters. The first-order valence-electron chi connectivity index (χ1n) is 6.43. The van der Waals surface area contributed by atoms with Crippen LogP contribution in [0, 0.1) is 0 Å².